The number of azide groups is 1. The number of hydrogen-bond donors (Lipinski definition) is 0. The summed E-state index contributed by atoms with van der Waals surface area (Å²) >= 11 is 0. The van der Waals surface area contributed by atoms with Crippen molar-refractivity contribution < 1.29 is 4.74 Å². The fourth-order valence-electron chi connectivity index (χ4n) is 1.97. The molecular weight excluding hydrogens is 202 g/mol. The van der Waals surface area contributed by atoms with Gasteiger partial charge in [0.1, 0.15) is 0 Å². The van der Waals surface area contributed by atoms with Crippen LogP contribution in [0.15, 0.2) is 29.4 Å². The van der Waals surface area contributed by atoms with E-state index in [4.69, 9.17) is 10.3 Å². The zero-order valence-corrected chi connectivity index (χ0v) is 9.34. The van der Waals surface area contributed by atoms with Gasteiger partial charge in [-0.25, -0.2) is 0 Å². The second-order valence-corrected chi connectivity index (χ2v) is 4.15. The van der Waals surface area contributed by atoms with E-state index in [0.717, 1.165) is 12.8 Å². The van der Waals surface area contributed by atoms with Gasteiger partial charge in [0.05, 0.1) is 6.10 Å². The van der Waals surface area contributed by atoms with Crippen LogP contribution in [0.25, 0.3) is 10.4 Å². The van der Waals surface area contributed by atoms with E-state index in [-0.39, 0.29) is 12.1 Å². The van der Waals surface area contributed by atoms with Crippen molar-refractivity contribution in [3.05, 3.63) is 45.8 Å². The van der Waals surface area contributed by atoms with E-state index >= 15 is 0 Å². The molecule has 1 aliphatic heterocycles. The summed E-state index contributed by atoms with van der Waals surface area (Å²) in [6, 6.07) is 8.40. The standard InChI is InChI=1S/C12H15N3O/c1-9-2-4-10(5-3-9)12-8-11(14-15-13)6-7-16-12/h2-5,11-12H,6-8H2,1H3/t11-,12+/m0/s1. The predicted molar refractivity (Wildman–Crippen MR) is 62.0 cm³/mol. The lowest BCUT2D eigenvalue weighted by Gasteiger charge is -2.27. The molecule has 0 aromatic heterocycles. The highest BCUT2D eigenvalue weighted by Gasteiger charge is 2.22. The molecule has 0 saturated carbocycles. The molecule has 84 valence electrons. The zero-order valence-electron chi connectivity index (χ0n) is 9.34. The van der Waals surface area contributed by atoms with Crippen molar-refractivity contribution in [2.45, 2.75) is 31.9 Å². The minimum Gasteiger partial charge on any atom is -0.374 e. The van der Waals surface area contributed by atoms with Gasteiger partial charge in [0.15, 0.2) is 0 Å². The van der Waals surface area contributed by atoms with Crippen LogP contribution < -0.4 is 0 Å². The van der Waals surface area contributed by atoms with Crippen LogP contribution in [0.4, 0.5) is 0 Å². The zero-order chi connectivity index (χ0) is 11.4. The maximum Gasteiger partial charge on any atom is 0.0828 e. The molecule has 4 nitrogen and oxygen atoms in total. The van der Waals surface area contributed by atoms with Crippen LogP contribution in [-0.2, 0) is 4.74 Å². The quantitative estimate of drug-likeness (QED) is 0.424. The smallest absolute Gasteiger partial charge is 0.0828 e. The maximum absolute atomic E-state index is 8.43. The number of rotatable bonds is 2. The SMILES string of the molecule is Cc1ccc([C@H]2C[C@@H](N=[N+]=[N-])CCO2)cc1. The highest BCUT2D eigenvalue weighted by Crippen LogP contribution is 2.29. The molecule has 0 N–H and O–H groups in total. The molecule has 0 bridgehead atoms. The van der Waals surface area contributed by atoms with Gasteiger partial charge in [0, 0.05) is 17.6 Å². The van der Waals surface area contributed by atoms with Gasteiger partial charge in [-0.2, -0.15) is 0 Å². The van der Waals surface area contributed by atoms with Crippen LogP contribution in [0.2, 0.25) is 0 Å². The van der Waals surface area contributed by atoms with Gasteiger partial charge in [0.2, 0.25) is 0 Å². The van der Waals surface area contributed by atoms with Gasteiger partial charge in [-0.05, 0) is 30.9 Å². The Morgan fingerprint density at radius 3 is 2.81 bits per heavy atom. The molecule has 1 aliphatic rings. The predicted octanol–water partition coefficient (Wildman–Crippen LogP) is 3.53. The molecule has 0 radical (unpaired) electrons. The normalized spacial score (nSPS) is 24.8. The average Bonchev–Trinajstić information content (AvgIpc) is 2.31. The van der Waals surface area contributed by atoms with E-state index in [1.165, 1.54) is 11.1 Å². The minimum absolute atomic E-state index is 0.0739. The summed E-state index contributed by atoms with van der Waals surface area (Å²) in [6.45, 7) is 2.73. The first-order valence-electron chi connectivity index (χ1n) is 5.52. The number of benzene rings is 1. The first kappa shape index (κ1) is 11.0. The molecule has 1 aromatic rings. The van der Waals surface area contributed by atoms with Gasteiger partial charge >= 0.3 is 0 Å². The number of nitrogens with zero attached hydrogens (tertiary/aromatic N) is 3. The average molecular weight is 217 g/mol. The highest BCUT2D eigenvalue weighted by molar-refractivity contribution is 5.23. The molecule has 0 spiro atoms. The Morgan fingerprint density at radius 1 is 1.38 bits per heavy atom. The van der Waals surface area contributed by atoms with E-state index in [1.807, 2.05) is 0 Å². The van der Waals surface area contributed by atoms with Crippen molar-refractivity contribution in [3.8, 4) is 0 Å². The Bertz CT molecular complexity index is 395. The van der Waals surface area contributed by atoms with Crippen molar-refractivity contribution in [2.75, 3.05) is 6.61 Å². The Balaban J connectivity index is 2.09. The lowest BCUT2D eigenvalue weighted by molar-refractivity contribution is 0.00675. The summed E-state index contributed by atoms with van der Waals surface area (Å²) in [5, 5.41) is 3.78. The third kappa shape index (κ3) is 2.54. The monoisotopic (exact) mass is 217 g/mol. The van der Waals surface area contributed by atoms with Crippen molar-refractivity contribution >= 4 is 0 Å². The third-order valence-electron chi connectivity index (χ3n) is 2.92. The summed E-state index contributed by atoms with van der Waals surface area (Å²) in [6.07, 6.45) is 1.68. The van der Waals surface area contributed by atoms with E-state index in [0.29, 0.717) is 6.61 Å². The maximum atomic E-state index is 8.43. The summed E-state index contributed by atoms with van der Waals surface area (Å²) in [5.41, 5.74) is 10.8. The second kappa shape index (κ2) is 5.01. The lowest BCUT2D eigenvalue weighted by atomic mass is 9.97. The van der Waals surface area contributed by atoms with Crippen LogP contribution in [0.5, 0.6) is 0 Å². The van der Waals surface area contributed by atoms with E-state index in [2.05, 4.69) is 41.2 Å². The molecule has 0 unspecified atom stereocenters. The molecule has 4 heteroatoms. The van der Waals surface area contributed by atoms with E-state index < -0.39 is 0 Å². The molecule has 0 aliphatic carbocycles. The topological polar surface area (TPSA) is 58.0 Å². The van der Waals surface area contributed by atoms with Gasteiger partial charge in [-0.3, -0.25) is 0 Å². The van der Waals surface area contributed by atoms with Crippen LogP contribution in [0.1, 0.15) is 30.1 Å². The summed E-state index contributed by atoms with van der Waals surface area (Å²) < 4.78 is 5.70. The second-order valence-electron chi connectivity index (χ2n) is 4.15. The van der Waals surface area contributed by atoms with Crippen molar-refractivity contribution in [3.63, 3.8) is 0 Å². The van der Waals surface area contributed by atoms with Crippen LogP contribution in [0, 0.1) is 6.92 Å². The molecule has 16 heavy (non-hydrogen) atoms. The van der Waals surface area contributed by atoms with Crippen LogP contribution in [0.3, 0.4) is 0 Å². The van der Waals surface area contributed by atoms with Gasteiger partial charge in [0.25, 0.3) is 0 Å². The first-order valence-corrected chi connectivity index (χ1v) is 5.52. The largest absolute Gasteiger partial charge is 0.374 e. The fourth-order valence-corrected chi connectivity index (χ4v) is 1.97. The van der Waals surface area contributed by atoms with Gasteiger partial charge in [-0.1, -0.05) is 34.9 Å². The summed E-state index contributed by atoms with van der Waals surface area (Å²) in [5.74, 6) is 0. The molecule has 1 fully saturated rings. The Labute approximate surface area is 94.9 Å². The van der Waals surface area contributed by atoms with Gasteiger partial charge in [-0.15, -0.1) is 0 Å². The van der Waals surface area contributed by atoms with Gasteiger partial charge < -0.3 is 4.74 Å². The van der Waals surface area contributed by atoms with Crippen LogP contribution in [-0.4, -0.2) is 12.6 Å². The minimum atomic E-state index is 0.0739. The fraction of sp³-hybridized carbons (Fsp3) is 0.500. The Kier molecular flexibility index (Phi) is 3.44. The first-order chi connectivity index (χ1) is 7.79. The number of hydrogen-bond acceptors (Lipinski definition) is 2. The van der Waals surface area contributed by atoms with Crippen LogP contribution >= 0.6 is 0 Å². The third-order valence-corrected chi connectivity index (χ3v) is 2.92. The number of aryl methyl sites for hydroxylation is 1. The van der Waals surface area contributed by atoms with E-state index in [9.17, 15) is 0 Å². The molecule has 2 rings (SSSR count). The molecule has 1 heterocycles. The number of ether oxygens (including phenoxy) is 1. The molecule has 1 saturated heterocycles. The Hall–Kier alpha value is -1.51. The summed E-state index contributed by atoms with van der Waals surface area (Å²) in [4.78, 5) is 2.87. The molecule has 2 atom stereocenters. The van der Waals surface area contributed by atoms with Crippen molar-refractivity contribution in [2.24, 2.45) is 5.11 Å². The molecular formula is C12H15N3O. The molecule has 0 amide bonds. The summed E-state index contributed by atoms with van der Waals surface area (Å²) in [7, 11) is 0. The van der Waals surface area contributed by atoms with Crippen molar-refractivity contribution in [1.82, 2.24) is 0 Å². The molecule has 1 aromatic carbocycles. The lowest BCUT2D eigenvalue weighted by Crippen LogP contribution is -2.22. The highest BCUT2D eigenvalue weighted by atomic mass is 16.5. The Morgan fingerprint density at radius 2 is 2.12 bits per heavy atom. The van der Waals surface area contributed by atoms with Crippen molar-refractivity contribution in [1.29, 1.82) is 0 Å². The van der Waals surface area contributed by atoms with E-state index in [1.54, 1.807) is 0 Å².